The molecule has 0 spiro atoms. The van der Waals surface area contributed by atoms with Crippen LogP contribution in [0, 0.1) is 0 Å². The Kier molecular flexibility index (Phi) is 6.18. The van der Waals surface area contributed by atoms with Crippen LogP contribution in [-0.4, -0.2) is 31.2 Å². The van der Waals surface area contributed by atoms with Gasteiger partial charge in [0, 0.05) is 43.4 Å². The van der Waals surface area contributed by atoms with E-state index in [1.54, 1.807) is 43.6 Å². The fourth-order valence-corrected chi connectivity index (χ4v) is 1.97. The minimum Gasteiger partial charge on any atom is -0.385 e. The molecule has 2 aromatic rings. The van der Waals surface area contributed by atoms with Crippen molar-refractivity contribution in [1.82, 2.24) is 4.98 Å². The number of carbonyl (C=O) groups excluding carboxylic acids is 1. The highest BCUT2D eigenvalue weighted by atomic mass is 35.5. The van der Waals surface area contributed by atoms with Crippen molar-refractivity contribution in [2.75, 3.05) is 30.9 Å². The van der Waals surface area contributed by atoms with Gasteiger partial charge in [0.25, 0.3) is 5.91 Å². The van der Waals surface area contributed by atoms with Crippen molar-refractivity contribution in [3.63, 3.8) is 0 Å². The van der Waals surface area contributed by atoms with Crippen molar-refractivity contribution < 1.29 is 9.53 Å². The normalized spacial score (nSPS) is 10.3. The molecule has 1 heterocycles. The summed E-state index contributed by atoms with van der Waals surface area (Å²) in [5.74, 6) is -0.213. The lowest BCUT2D eigenvalue weighted by Gasteiger charge is -2.08. The zero-order chi connectivity index (χ0) is 15.8. The first-order valence-corrected chi connectivity index (χ1v) is 7.31. The van der Waals surface area contributed by atoms with Gasteiger partial charge in [-0.15, -0.1) is 0 Å². The minimum absolute atomic E-state index is 0.213. The molecule has 0 aliphatic rings. The molecule has 1 aromatic heterocycles. The van der Waals surface area contributed by atoms with Crippen LogP contribution in [0.2, 0.25) is 5.02 Å². The summed E-state index contributed by atoms with van der Waals surface area (Å²) >= 11 is 5.82. The third kappa shape index (κ3) is 5.02. The molecule has 0 bridgehead atoms. The summed E-state index contributed by atoms with van der Waals surface area (Å²) in [5.41, 5.74) is 1.99. The first-order chi connectivity index (χ1) is 10.7. The van der Waals surface area contributed by atoms with E-state index in [9.17, 15) is 4.79 Å². The summed E-state index contributed by atoms with van der Waals surface area (Å²) in [6.45, 7) is 1.45. The Morgan fingerprint density at radius 2 is 2.00 bits per heavy atom. The zero-order valence-electron chi connectivity index (χ0n) is 12.3. The van der Waals surface area contributed by atoms with Gasteiger partial charge in [-0.05, 0) is 36.8 Å². The maximum absolute atomic E-state index is 12.2. The van der Waals surface area contributed by atoms with Crippen LogP contribution in [0.15, 0.2) is 42.7 Å². The number of pyridine rings is 1. The molecular weight excluding hydrogens is 302 g/mol. The van der Waals surface area contributed by atoms with Gasteiger partial charge in [0.1, 0.15) is 0 Å². The molecule has 0 saturated heterocycles. The van der Waals surface area contributed by atoms with E-state index in [-0.39, 0.29) is 5.91 Å². The van der Waals surface area contributed by atoms with Gasteiger partial charge < -0.3 is 15.4 Å². The second-order valence-corrected chi connectivity index (χ2v) is 5.13. The highest BCUT2D eigenvalue weighted by Gasteiger charge is 2.07. The van der Waals surface area contributed by atoms with E-state index >= 15 is 0 Å². The van der Waals surface area contributed by atoms with Crippen molar-refractivity contribution in [3.8, 4) is 0 Å². The van der Waals surface area contributed by atoms with E-state index in [0.717, 1.165) is 18.7 Å². The van der Waals surface area contributed by atoms with Crippen molar-refractivity contribution in [3.05, 3.63) is 53.3 Å². The highest BCUT2D eigenvalue weighted by molar-refractivity contribution is 6.30. The molecule has 0 unspecified atom stereocenters. The molecule has 22 heavy (non-hydrogen) atoms. The summed E-state index contributed by atoms with van der Waals surface area (Å²) in [7, 11) is 1.67. The SMILES string of the molecule is COCCCNc1cncc(C(=O)Nc2ccc(Cl)cc2)c1. The largest absolute Gasteiger partial charge is 0.385 e. The molecule has 5 nitrogen and oxygen atoms in total. The molecule has 1 aromatic carbocycles. The first-order valence-electron chi connectivity index (χ1n) is 6.94. The number of amides is 1. The first kappa shape index (κ1) is 16.3. The van der Waals surface area contributed by atoms with E-state index < -0.39 is 0 Å². The van der Waals surface area contributed by atoms with Crippen LogP contribution >= 0.6 is 11.6 Å². The zero-order valence-corrected chi connectivity index (χ0v) is 13.1. The van der Waals surface area contributed by atoms with E-state index in [0.29, 0.717) is 22.9 Å². The van der Waals surface area contributed by atoms with Gasteiger partial charge in [0.05, 0.1) is 11.3 Å². The smallest absolute Gasteiger partial charge is 0.257 e. The van der Waals surface area contributed by atoms with Gasteiger partial charge in [0.15, 0.2) is 0 Å². The molecule has 1 amide bonds. The van der Waals surface area contributed by atoms with Crippen LogP contribution in [0.1, 0.15) is 16.8 Å². The maximum Gasteiger partial charge on any atom is 0.257 e. The number of nitrogens with zero attached hydrogens (tertiary/aromatic N) is 1. The average Bonchev–Trinajstić information content (AvgIpc) is 2.54. The molecule has 0 saturated carbocycles. The number of ether oxygens (including phenoxy) is 1. The quantitative estimate of drug-likeness (QED) is 0.767. The third-order valence-corrected chi connectivity index (χ3v) is 3.21. The highest BCUT2D eigenvalue weighted by Crippen LogP contribution is 2.15. The lowest BCUT2D eigenvalue weighted by atomic mass is 10.2. The van der Waals surface area contributed by atoms with Gasteiger partial charge in [0.2, 0.25) is 0 Å². The number of hydrogen-bond acceptors (Lipinski definition) is 4. The topological polar surface area (TPSA) is 63.2 Å². The van der Waals surface area contributed by atoms with E-state index in [1.165, 1.54) is 6.20 Å². The molecule has 2 N–H and O–H groups in total. The number of methoxy groups -OCH3 is 1. The number of carbonyl (C=O) groups is 1. The minimum atomic E-state index is -0.213. The Morgan fingerprint density at radius 3 is 2.73 bits per heavy atom. The lowest BCUT2D eigenvalue weighted by Crippen LogP contribution is -2.13. The van der Waals surface area contributed by atoms with Crippen LogP contribution in [0.4, 0.5) is 11.4 Å². The Bertz CT molecular complexity index is 617. The number of aromatic nitrogens is 1. The fourth-order valence-electron chi connectivity index (χ4n) is 1.85. The monoisotopic (exact) mass is 319 g/mol. The fraction of sp³-hybridized carbons (Fsp3) is 0.250. The Hall–Kier alpha value is -2.11. The molecule has 0 fully saturated rings. The van der Waals surface area contributed by atoms with Crippen LogP contribution in [0.5, 0.6) is 0 Å². The molecule has 0 atom stereocenters. The van der Waals surface area contributed by atoms with Crippen LogP contribution in [0.3, 0.4) is 0 Å². The Labute approximate surface area is 134 Å². The predicted octanol–water partition coefficient (Wildman–Crippen LogP) is 3.44. The van der Waals surface area contributed by atoms with Gasteiger partial charge in [-0.1, -0.05) is 11.6 Å². The summed E-state index contributed by atoms with van der Waals surface area (Å²) in [5, 5.41) is 6.64. The Morgan fingerprint density at radius 1 is 1.23 bits per heavy atom. The molecule has 6 heteroatoms. The van der Waals surface area contributed by atoms with Crippen LogP contribution in [-0.2, 0) is 4.74 Å². The molecule has 2 rings (SSSR count). The molecule has 0 radical (unpaired) electrons. The lowest BCUT2D eigenvalue weighted by molar-refractivity contribution is 0.102. The number of nitrogens with one attached hydrogen (secondary N) is 2. The number of rotatable bonds is 7. The van der Waals surface area contributed by atoms with Gasteiger partial charge in [-0.2, -0.15) is 0 Å². The van der Waals surface area contributed by atoms with Crippen LogP contribution < -0.4 is 10.6 Å². The number of anilines is 2. The molecule has 0 aliphatic carbocycles. The van der Waals surface area contributed by atoms with Crippen molar-refractivity contribution in [1.29, 1.82) is 0 Å². The molecule has 0 aliphatic heterocycles. The van der Waals surface area contributed by atoms with Crippen molar-refractivity contribution in [2.45, 2.75) is 6.42 Å². The molecule has 116 valence electrons. The van der Waals surface area contributed by atoms with E-state index in [4.69, 9.17) is 16.3 Å². The Balaban J connectivity index is 1.96. The second-order valence-electron chi connectivity index (χ2n) is 4.70. The summed E-state index contributed by atoms with van der Waals surface area (Å²) < 4.78 is 4.99. The number of benzene rings is 1. The summed E-state index contributed by atoms with van der Waals surface area (Å²) in [4.78, 5) is 16.3. The van der Waals surface area contributed by atoms with Crippen LogP contribution in [0.25, 0.3) is 0 Å². The maximum atomic E-state index is 12.2. The number of halogens is 1. The average molecular weight is 320 g/mol. The van der Waals surface area contributed by atoms with Gasteiger partial charge >= 0.3 is 0 Å². The predicted molar refractivity (Wildman–Crippen MR) is 88.6 cm³/mol. The number of hydrogen-bond donors (Lipinski definition) is 2. The molecular formula is C16H18ClN3O2. The van der Waals surface area contributed by atoms with Crippen molar-refractivity contribution in [2.24, 2.45) is 0 Å². The summed E-state index contributed by atoms with van der Waals surface area (Å²) in [6, 6.07) is 8.72. The van der Waals surface area contributed by atoms with E-state index in [2.05, 4.69) is 15.6 Å². The second kappa shape index (κ2) is 8.36. The summed E-state index contributed by atoms with van der Waals surface area (Å²) in [6.07, 6.45) is 4.11. The van der Waals surface area contributed by atoms with Gasteiger partial charge in [-0.25, -0.2) is 0 Å². The third-order valence-electron chi connectivity index (χ3n) is 2.96. The van der Waals surface area contributed by atoms with Crippen molar-refractivity contribution >= 4 is 28.9 Å². The standard InChI is InChI=1S/C16H18ClN3O2/c1-22-8-2-7-19-15-9-12(10-18-11-15)16(21)20-14-5-3-13(17)4-6-14/h3-6,9-11,19H,2,7-8H2,1H3,(H,20,21). The van der Waals surface area contributed by atoms with Gasteiger partial charge in [-0.3, -0.25) is 9.78 Å². The van der Waals surface area contributed by atoms with E-state index in [1.807, 2.05) is 0 Å².